The van der Waals surface area contributed by atoms with Crippen molar-refractivity contribution >= 4 is 5.71 Å². The summed E-state index contributed by atoms with van der Waals surface area (Å²) in [4.78, 5) is 4.54. The van der Waals surface area contributed by atoms with E-state index in [1.54, 1.807) is 0 Å². The predicted octanol–water partition coefficient (Wildman–Crippen LogP) is 1.61. The number of nitrogens with one attached hydrogen (secondary N) is 1. The minimum atomic E-state index is 0.545. The van der Waals surface area contributed by atoms with Crippen molar-refractivity contribution in [2.24, 2.45) is 4.99 Å². The highest BCUT2D eigenvalue weighted by molar-refractivity contribution is 5.89. The lowest BCUT2D eigenvalue weighted by atomic mass is 10.0. The molecule has 2 atom stereocenters. The van der Waals surface area contributed by atoms with Crippen LogP contribution in [0.4, 0.5) is 0 Å². The number of aliphatic imine (C=N–C) groups is 1. The molecule has 0 saturated heterocycles. The van der Waals surface area contributed by atoms with Crippen molar-refractivity contribution in [1.29, 1.82) is 0 Å². The van der Waals surface area contributed by atoms with Gasteiger partial charge in [0, 0.05) is 17.8 Å². The first-order valence-corrected chi connectivity index (χ1v) is 4.57. The lowest BCUT2D eigenvalue weighted by Gasteiger charge is -2.27. The van der Waals surface area contributed by atoms with Crippen molar-refractivity contribution in [3.05, 3.63) is 0 Å². The highest BCUT2D eigenvalue weighted by atomic mass is 15.0. The van der Waals surface area contributed by atoms with E-state index in [0.717, 1.165) is 19.4 Å². The predicted molar refractivity (Wildman–Crippen MR) is 49.3 cm³/mol. The van der Waals surface area contributed by atoms with Crippen LogP contribution in [0.3, 0.4) is 0 Å². The molecule has 0 spiro atoms. The van der Waals surface area contributed by atoms with Crippen molar-refractivity contribution in [1.82, 2.24) is 5.32 Å². The van der Waals surface area contributed by atoms with Crippen LogP contribution in [0.1, 0.15) is 33.6 Å². The van der Waals surface area contributed by atoms with Crippen LogP contribution in [0, 0.1) is 0 Å². The first-order chi connectivity index (χ1) is 5.27. The molecule has 1 heterocycles. The Bertz CT molecular complexity index is 152. The molecule has 0 amide bonds. The minimum Gasteiger partial charge on any atom is -0.305 e. The number of hydrogen-bond acceptors (Lipinski definition) is 2. The average Bonchev–Trinajstić information content (AvgIpc) is 2.04. The lowest BCUT2D eigenvalue weighted by molar-refractivity contribution is 0.482. The van der Waals surface area contributed by atoms with E-state index in [2.05, 4.69) is 31.1 Å². The Kier molecular flexibility index (Phi) is 3.06. The molecule has 0 bridgehead atoms. The monoisotopic (exact) mass is 154 g/mol. The van der Waals surface area contributed by atoms with Crippen molar-refractivity contribution < 1.29 is 0 Å². The molecule has 0 aromatic rings. The molecule has 1 aliphatic heterocycles. The van der Waals surface area contributed by atoms with E-state index in [-0.39, 0.29) is 0 Å². The fourth-order valence-electron chi connectivity index (χ4n) is 1.57. The maximum Gasteiger partial charge on any atom is 0.0540 e. The van der Waals surface area contributed by atoms with Crippen LogP contribution in [0.2, 0.25) is 0 Å². The number of nitrogens with zero attached hydrogens (tertiary/aromatic N) is 1. The Hall–Kier alpha value is -0.370. The zero-order valence-corrected chi connectivity index (χ0v) is 7.72. The van der Waals surface area contributed by atoms with Gasteiger partial charge < -0.3 is 5.32 Å². The van der Waals surface area contributed by atoms with Gasteiger partial charge in [-0.1, -0.05) is 13.8 Å². The van der Waals surface area contributed by atoms with Gasteiger partial charge in [-0.2, -0.15) is 0 Å². The summed E-state index contributed by atoms with van der Waals surface area (Å²) < 4.78 is 0. The SMILES string of the molecule is CCC1=NCC(C)NC1CC. The fraction of sp³-hybridized carbons (Fsp3) is 0.889. The summed E-state index contributed by atoms with van der Waals surface area (Å²) in [5.74, 6) is 0. The van der Waals surface area contributed by atoms with Crippen molar-refractivity contribution in [3.63, 3.8) is 0 Å². The van der Waals surface area contributed by atoms with E-state index >= 15 is 0 Å². The van der Waals surface area contributed by atoms with Gasteiger partial charge in [0.25, 0.3) is 0 Å². The van der Waals surface area contributed by atoms with Gasteiger partial charge in [0.1, 0.15) is 0 Å². The van der Waals surface area contributed by atoms with Crippen LogP contribution in [0.15, 0.2) is 4.99 Å². The molecule has 0 aliphatic carbocycles. The molecule has 1 rings (SSSR count). The van der Waals surface area contributed by atoms with E-state index in [1.807, 2.05) is 0 Å². The molecule has 0 aromatic heterocycles. The lowest BCUT2D eigenvalue weighted by Crippen LogP contribution is -2.46. The highest BCUT2D eigenvalue weighted by Gasteiger charge is 2.18. The smallest absolute Gasteiger partial charge is 0.0540 e. The Morgan fingerprint density at radius 2 is 2.27 bits per heavy atom. The molecule has 0 radical (unpaired) electrons. The third-order valence-corrected chi connectivity index (χ3v) is 2.23. The van der Waals surface area contributed by atoms with Gasteiger partial charge in [0.05, 0.1) is 6.54 Å². The molecule has 0 fully saturated rings. The summed E-state index contributed by atoms with van der Waals surface area (Å²) in [6.45, 7) is 7.54. The van der Waals surface area contributed by atoms with Gasteiger partial charge >= 0.3 is 0 Å². The number of hydrogen-bond donors (Lipinski definition) is 1. The quantitative estimate of drug-likeness (QED) is 0.642. The van der Waals surface area contributed by atoms with E-state index in [9.17, 15) is 0 Å². The van der Waals surface area contributed by atoms with E-state index in [0.29, 0.717) is 12.1 Å². The van der Waals surface area contributed by atoms with Gasteiger partial charge in [-0.15, -0.1) is 0 Å². The van der Waals surface area contributed by atoms with Crippen molar-refractivity contribution in [3.8, 4) is 0 Å². The summed E-state index contributed by atoms with van der Waals surface area (Å²) in [7, 11) is 0. The molecule has 64 valence electrons. The van der Waals surface area contributed by atoms with Gasteiger partial charge in [0.15, 0.2) is 0 Å². The molecule has 2 heteroatoms. The van der Waals surface area contributed by atoms with Crippen molar-refractivity contribution in [2.75, 3.05) is 6.54 Å². The van der Waals surface area contributed by atoms with Crippen LogP contribution in [0.25, 0.3) is 0 Å². The molecule has 2 nitrogen and oxygen atoms in total. The number of rotatable bonds is 2. The summed E-state index contributed by atoms with van der Waals surface area (Å²) in [5.41, 5.74) is 1.35. The Morgan fingerprint density at radius 1 is 1.55 bits per heavy atom. The summed E-state index contributed by atoms with van der Waals surface area (Å²) in [5, 5.41) is 3.54. The first-order valence-electron chi connectivity index (χ1n) is 4.57. The highest BCUT2D eigenvalue weighted by Crippen LogP contribution is 2.06. The molecular weight excluding hydrogens is 136 g/mol. The molecule has 2 unspecified atom stereocenters. The maximum absolute atomic E-state index is 4.54. The third-order valence-electron chi connectivity index (χ3n) is 2.23. The molecule has 1 N–H and O–H groups in total. The van der Waals surface area contributed by atoms with Crippen molar-refractivity contribution in [2.45, 2.75) is 45.7 Å². The second kappa shape index (κ2) is 3.86. The van der Waals surface area contributed by atoms with Crippen LogP contribution >= 0.6 is 0 Å². The normalized spacial score (nSPS) is 31.7. The summed E-state index contributed by atoms with van der Waals surface area (Å²) in [6.07, 6.45) is 2.26. The molecule has 0 aromatic carbocycles. The van der Waals surface area contributed by atoms with Gasteiger partial charge in [-0.3, -0.25) is 4.99 Å². The molecular formula is C9H18N2. The molecule has 0 saturated carbocycles. The van der Waals surface area contributed by atoms with E-state index in [4.69, 9.17) is 0 Å². The third kappa shape index (κ3) is 2.03. The second-order valence-electron chi connectivity index (χ2n) is 3.21. The van der Waals surface area contributed by atoms with Crippen LogP contribution in [-0.2, 0) is 0 Å². The zero-order valence-electron chi connectivity index (χ0n) is 7.72. The Labute approximate surface area is 69.1 Å². The molecule has 11 heavy (non-hydrogen) atoms. The first kappa shape index (κ1) is 8.72. The fourth-order valence-corrected chi connectivity index (χ4v) is 1.57. The van der Waals surface area contributed by atoms with Gasteiger partial charge in [-0.25, -0.2) is 0 Å². The summed E-state index contributed by atoms with van der Waals surface area (Å²) in [6, 6.07) is 1.11. The largest absolute Gasteiger partial charge is 0.305 e. The zero-order chi connectivity index (χ0) is 8.27. The second-order valence-corrected chi connectivity index (χ2v) is 3.21. The maximum atomic E-state index is 4.54. The van der Waals surface area contributed by atoms with Crippen LogP contribution in [-0.4, -0.2) is 24.3 Å². The average molecular weight is 154 g/mol. The van der Waals surface area contributed by atoms with Gasteiger partial charge in [0.2, 0.25) is 0 Å². The summed E-state index contributed by atoms with van der Waals surface area (Å²) >= 11 is 0. The Balaban J connectivity index is 2.59. The minimum absolute atomic E-state index is 0.545. The Morgan fingerprint density at radius 3 is 2.82 bits per heavy atom. The topological polar surface area (TPSA) is 24.4 Å². The van der Waals surface area contributed by atoms with Crippen LogP contribution in [0.5, 0.6) is 0 Å². The standard InChI is InChI=1S/C9H18N2/c1-4-8-9(5-2)11-7(3)6-10-8/h7,9,11H,4-6H2,1-3H3. The van der Waals surface area contributed by atoms with E-state index < -0.39 is 0 Å². The van der Waals surface area contributed by atoms with Crippen LogP contribution < -0.4 is 5.32 Å². The van der Waals surface area contributed by atoms with E-state index in [1.165, 1.54) is 5.71 Å². The van der Waals surface area contributed by atoms with Gasteiger partial charge in [-0.05, 0) is 19.8 Å². The molecule has 1 aliphatic rings.